The van der Waals surface area contributed by atoms with Gasteiger partial charge in [-0.1, -0.05) is 18.2 Å². The summed E-state index contributed by atoms with van der Waals surface area (Å²) in [6, 6.07) is 4.02. The van der Waals surface area contributed by atoms with Gasteiger partial charge in [-0.05, 0) is 25.1 Å². The Morgan fingerprint density at radius 2 is 2.06 bits per heavy atom. The normalized spacial score (nSPS) is 9.89. The third kappa shape index (κ3) is 4.65. The molecule has 0 amide bonds. The van der Waals surface area contributed by atoms with Gasteiger partial charge in [-0.3, -0.25) is 0 Å². The Labute approximate surface area is 110 Å². The van der Waals surface area contributed by atoms with Crippen LogP contribution in [0.15, 0.2) is 30.5 Å². The molecule has 0 saturated heterocycles. The Balaban J connectivity index is 2.36. The highest BCUT2D eigenvalue weighted by Gasteiger charge is 2.09. The molecule has 0 heterocycles. The highest BCUT2D eigenvalue weighted by atomic mass is 35.5. The minimum atomic E-state index is -0.604. The van der Waals surface area contributed by atoms with Gasteiger partial charge < -0.3 is 19.3 Å². The van der Waals surface area contributed by atoms with Crippen LogP contribution in [0.25, 0.3) is 0 Å². The van der Waals surface area contributed by atoms with Crippen molar-refractivity contribution >= 4 is 17.6 Å². The lowest BCUT2D eigenvalue weighted by Gasteiger charge is -2.07. The average molecular weight is 273 g/mol. The third-order valence-electron chi connectivity index (χ3n) is 1.85. The summed E-state index contributed by atoms with van der Waals surface area (Å²) in [5, 5.41) is 9.27. The standard InChI is InChI=1S/C12H13ClO5/c1-8(2)17-6-16-7-18-12(15)9-3-4-11(14)10(13)5-9/h3-5,14H,1,6-7H2,2H3. The summed E-state index contributed by atoms with van der Waals surface area (Å²) < 4.78 is 14.6. The molecular weight excluding hydrogens is 260 g/mol. The Morgan fingerprint density at radius 1 is 1.39 bits per heavy atom. The molecule has 0 aliphatic rings. The van der Waals surface area contributed by atoms with Gasteiger partial charge in [0, 0.05) is 0 Å². The van der Waals surface area contributed by atoms with Crippen LogP contribution >= 0.6 is 11.6 Å². The summed E-state index contributed by atoms with van der Waals surface area (Å²) in [5.74, 6) is -0.196. The van der Waals surface area contributed by atoms with E-state index in [0.29, 0.717) is 5.76 Å². The number of carbonyl (C=O) groups is 1. The summed E-state index contributed by atoms with van der Waals surface area (Å²) in [6.45, 7) is 4.89. The Hall–Kier alpha value is -1.72. The van der Waals surface area contributed by atoms with Crippen LogP contribution < -0.4 is 0 Å². The highest BCUT2D eigenvalue weighted by Crippen LogP contribution is 2.23. The number of hydrogen-bond acceptors (Lipinski definition) is 5. The number of carbonyl (C=O) groups excluding carboxylic acids is 1. The van der Waals surface area contributed by atoms with E-state index in [9.17, 15) is 9.90 Å². The summed E-state index contributed by atoms with van der Waals surface area (Å²) in [6.07, 6.45) is 0. The minimum absolute atomic E-state index is 0.0427. The number of hydrogen-bond donors (Lipinski definition) is 1. The molecule has 1 N–H and O–H groups in total. The second kappa shape index (κ2) is 6.88. The van der Waals surface area contributed by atoms with E-state index < -0.39 is 5.97 Å². The number of aromatic hydroxyl groups is 1. The maximum Gasteiger partial charge on any atom is 0.340 e. The molecule has 0 spiro atoms. The molecule has 18 heavy (non-hydrogen) atoms. The third-order valence-corrected chi connectivity index (χ3v) is 2.15. The van der Waals surface area contributed by atoms with Gasteiger partial charge in [0.15, 0.2) is 13.6 Å². The highest BCUT2D eigenvalue weighted by molar-refractivity contribution is 6.32. The Morgan fingerprint density at radius 3 is 2.67 bits per heavy atom. The number of esters is 1. The number of benzene rings is 1. The first kappa shape index (κ1) is 14.3. The molecule has 0 unspecified atom stereocenters. The monoisotopic (exact) mass is 272 g/mol. The zero-order valence-corrected chi connectivity index (χ0v) is 10.6. The van der Waals surface area contributed by atoms with Crippen molar-refractivity contribution in [2.45, 2.75) is 6.92 Å². The first-order valence-corrected chi connectivity index (χ1v) is 5.40. The molecule has 0 aliphatic carbocycles. The van der Waals surface area contributed by atoms with Gasteiger partial charge in [0.05, 0.1) is 16.3 Å². The SMILES string of the molecule is C=C(C)OCOCOC(=O)c1ccc(O)c(Cl)c1. The van der Waals surface area contributed by atoms with Crippen LogP contribution in [-0.4, -0.2) is 24.7 Å². The lowest BCUT2D eigenvalue weighted by atomic mass is 10.2. The minimum Gasteiger partial charge on any atom is -0.506 e. The number of halogens is 1. The van der Waals surface area contributed by atoms with Crippen LogP contribution in [0.1, 0.15) is 17.3 Å². The summed E-state index contributed by atoms with van der Waals surface area (Å²) in [4.78, 5) is 11.5. The summed E-state index contributed by atoms with van der Waals surface area (Å²) in [5.41, 5.74) is 0.224. The van der Waals surface area contributed by atoms with Gasteiger partial charge >= 0.3 is 5.97 Å². The number of phenols is 1. The Kier molecular flexibility index (Phi) is 5.48. The quantitative estimate of drug-likeness (QED) is 0.373. The van der Waals surface area contributed by atoms with E-state index >= 15 is 0 Å². The topological polar surface area (TPSA) is 65.0 Å². The van der Waals surface area contributed by atoms with Crippen LogP contribution in [0.3, 0.4) is 0 Å². The lowest BCUT2D eigenvalue weighted by molar-refractivity contribution is -0.0954. The van der Waals surface area contributed by atoms with Crippen molar-refractivity contribution in [3.63, 3.8) is 0 Å². The molecule has 1 aromatic rings. The smallest absolute Gasteiger partial charge is 0.340 e. The molecule has 0 atom stereocenters. The fourth-order valence-corrected chi connectivity index (χ4v) is 1.17. The van der Waals surface area contributed by atoms with Crippen molar-refractivity contribution in [3.8, 4) is 5.75 Å². The van der Waals surface area contributed by atoms with Crippen LogP contribution in [0.4, 0.5) is 0 Å². The molecule has 0 aromatic heterocycles. The van der Waals surface area contributed by atoms with Crippen molar-refractivity contribution in [2.75, 3.05) is 13.6 Å². The molecule has 0 saturated carbocycles. The lowest BCUT2D eigenvalue weighted by Crippen LogP contribution is -2.10. The van der Waals surface area contributed by atoms with E-state index in [0.717, 1.165) is 0 Å². The van der Waals surface area contributed by atoms with Crippen LogP contribution in [0.2, 0.25) is 5.02 Å². The largest absolute Gasteiger partial charge is 0.506 e. The van der Waals surface area contributed by atoms with Crippen molar-refractivity contribution in [1.82, 2.24) is 0 Å². The summed E-state index contributed by atoms with van der Waals surface area (Å²) >= 11 is 5.66. The molecule has 0 bridgehead atoms. The van der Waals surface area contributed by atoms with Crippen LogP contribution in [0.5, 0.6) is 5.75 Å². The van der Waals surface area contributed by atoms with Crippen molar-refractivity contribution in [3.05, 3.63) is 41.1 Å². The number of phenolic OH excluding ortho intramolecular Hbond substituents is 1. The molecule has 0 radical (unpaired) electrons. The van der Waals surface area contributed by atoms with E-state index in [1.165, 1.54) is 18.2 Å². The van der Waals surface area contributed by atoms with E-state index in [1.807, 2.05) is 0 Å². The molecule has 1 rings (SSSR count). The molecule has 1 aromatic carbocycles. The predicted molar refractivity (Wildman–Crippen MR) is 65.3 cm³/mol. The first-order valence-electron chi connectivity index (χ1n) is 5.02. The zero-order valence-electron chi connectivity index (χ0n) is 9.81. The predicted octanol–water partition coefficient (Wildman–Crippen LogP) is 2.68. The van der Waals surface area contributed by atoms with E-state index in [1.54, 1.807) is 6.92 Å². The maximum absolute atomic E-state index is 11.5. The zero-order chi connectivity index (χ0) is 13.5. The molecule has 98 valence electrons. The molecule has 5 nitrogen and oxygen atoms in total. The number of ether oxygens (including phenoxy) is 3. The van der Waals surface area contributed by atoms with Crippen LogP contribution in [0, 0.1) is 0 Å². The second-order valence-corrected chi connectivity index (χ2v) is 3.79. The molecule has 0 aliphatic heterocycles. The van der Waals surface area contributed by atoms with E-state index in [-0.39, 0.29) is 29.9 Å². The average Bonchev–Trinajstić information content (AvgIpc) is 2.31. The number of allylic oxidation sites excluding steroid dienone is 1. The fourth-order valence-electron chi connectivity index (χ4n) is 0.989. The van der Waals surface area contributed by atoms with E-state index in [2.05, 4.69) is 6.58 Å². The van der Waals surface area contributed by atoms with Crippen molar-refractivity contribution in [1.29, 1.82) is 0 Å². The second-order valence-electron chi connectivity index (χ2n) is 3.38. The van der Waals surface area contributed by atoms with Crippen molar-refractivity contribution < 1.29 is 24.1 Å². The van der Waals surface area contributed by atoms with Gasteiger partial charge in [0.25, 0.3) is 0 Å². The van der Waals surface area contributed by atoms with Crippen molar-refractivity contribution in [2.24, 2.45) is 0 Å². The molecule has 0 fully saturated rings. The fraction of sp³-hybridized carbons (Fsp3) is 0.250. The van der Waals surface area contributed by atoms with Gasteiger partial charge in [0.2, 0.25) is 0 Å². The van der Waals surface area contributed by atoms with E-state index in [4.69, 9.17) is 25.8 Å². The van der Waals surface area contributed by atoms with Gasteiger partial charge in [-0.2, -0.15) is 0 Å². The van der Waals surface area contributed by atoms with Gasteiger partial charge in [-0.25, -0.2) is 4.79 Å². The van der Waals surface area contributed by atoms with Gasteiger partial charge in [-0.15, -0.1) is 0 Å². The maximum atomic E-state index is 11.5. The van der Waals surface area contributed by atoms with Crippen LogP contribution in [-0.2, 0) is 14.2 Å². The van der Waals surface area contributed by atoms with Gasteiger partial charge in [0.1, 0.15) is 5.75 Å². The number of rotatable bonds is 6. The molecular formula is C12H13ClO5. The molecule has 6 heteroatoms. The summed E-state index contributed by atoms with van der Waals surface area (Å²) in [7, 11) is 0. The first-order chi connectivity index (χ1) is 8.50. The Bertz CT molecular complexity index is 444.